The standard InChI is InChI=1S/C12H15NO.C2H6/c1-9-5-3-7-12-11(9)6-4-8-13(12)10(2)14;1-2/h3,5,7H,4,6,8H2,1-2H3;1-2H3. The number of hydrogen-bond acceptors (Lipinski definition) is 1. The minimum Gasteiger partial charge on any atom is -0.312 e. The van der Waals surface area contributed by atoms with Gasteiger partial charge in [0.15, 0.2) is 0 Å². The first-order valence-electron chi connectivity index (χ1n) is 6.07. The van der Waals surface area contributed by atoms with Crippen molar-refractivity contribution >= 4 is 11.6 Å². The molecule has 1 aromatic rings. The molecule has 0 spiro atoms. The van der Waals surface area contributed by atoms with E-state index in [0.717, 1.165) is 25.1 Å². The number of benzene rings is 1. The molecule has 0 fully saturated rings. The molecule has 16 heavy (non-hydrogen) atoms. The molecule has 1 aliphatic rings. The van der Waals surface area contributed by atoms with Crippen molar-refractivity contribution < 1.29 is 4.79 Å². The van der Waals surface area contributed by atoms with E-state index in [0.29, 0.717) is 0 Å². The molecule has 2 heteroatoms. The van der Waals surface area contributed by atoms with Crippen molar-refractivity contribution in [2.75, 3.05) is 11.4 Å². The van der Waals surface area contributed by atoms with Gasteiger partial charge in [-0.15, -0.1) is 0 Å². The van der Waals surface area contributed by atoms with Crippen LogP contribution >= 0.6 is 0 Å². The minimum atomic E-state index is 0.150. The second-order valence-corrected chi connectivity index (χ2v) is 3.85. The molecule has 1 aliphatic heterocycles. The number of nitrogens with zero attached hydrogens (tertiary/aromatic N) is 1. The fourth-order valence-electron chi connectivity index (χ4n) is 2.13. The predicted molar refractivity (Wildman–Crippen MR) is 68.9 cm³/mol. The lowest BCUT2D eigenvalue weighted by atomic mass is 9.97. The second kappa shape index (κ2) is 5.69. The zero-order valence-electron chi connectivity index (χ0n) is 10.7. The number of hydrogen-bond donors (Lipinski definition) is 0. The van der Waals surface area contributed by atoms with Gasteiger partial charge in [0.05, 0.1) is 0 Å². The number of aryl methyl sites for hydroxylation is 1. The Kier molecular flexibility index (Phi) is 4.53. The van der Waals surface area contributed by atoms with Gasteiger partial charge in [-0.3, -0.25) is 4.79 Å². The Bertz CT molecular complexity index is 371. The zero-order chi connectivity index (χ0) is 12.1. The molecule has 1 amide bonds. The van der Waals surface area contributed by atoms with E-state index < -0.39 is 0 Å². The highest BCUT2D eigenvalue weighted by Crippen LogP contribution is 2.29. The highest BCUT2D eigenvalue weighted by Gasteiger charge is 2.20. The normalized spacial score (nSPS) is 13.6. The maximum absolute atomic E-state index is 11.4. The smallest absolute Gasteiger partial charge is 0.223 e. The van der Waals surface area contributed by atoms with Gasteiger partial charge < -0.3 is 4.90 Å². The molecule has 2 rings (SSSR count). The van der Waals surface area contributed by atoms with Crippen molar-refractivity contribution in [1.82, 2.24) is 0 Å². The predicted octanol–water partition coefficient (Wildman–Crippen LogP) is 3.32. The third kappa shape index (κ3) is 2.43. The Morgan fingerprint density at radius 3 is 2.62 bits per heavy atom. The molecule has 0 aromatic heterocycles. The highest BCUT2D eigenvalue weighted by molar-refractivity contribution is 5.93. The van der Waals surface area contributed by atoms with Gasteiger partial charge in [-0.1, -0.05) is 26.0 Å². The molecule has 0 unspecified atom stereocenters. The lowest BCUT2D eigenvalue weighted by molar-refractivity contribution is -0.116. The molecule has 2 nitrogen and oxygen atoms in total. The first-order valence-corrected chi connectivity index (χ1v) is 6.07. The van der Waals surface area contributed by atoms with Gasteiger partial charge >= 0.3 is 0 Å². The van der Waals surface area contributed by atoms with Crippen molar-refractivity contribution in [1.29, 1.82) is 0 Å². The molecule has 1 aromatic carbocycles. The Balaban J connectivity index is 0.000000606. The quantitative estimate of drug-likeness (QED) is 0.655. The molecular weight excluding hydrogens is 198 g/mol. The Hall–Kier alpha value is -1.31. The van der Waals surface area contributed by atoms with Crippen LogP contribution in [-0.2, 0) is 11.2 Å². The summed E-state index contributed by atoms with van der Waals surface area (Å²) in [6.07, 6.45) is 2.18. The maximum atomic E-state index is 11.4. The number of fused-ring (bicyclic) bond motifs is 1. The van der Waals surface area contributed by atoms with E-state index in [2.05, 4.69) is 13.0 Å². The van der Waals surface area contributed by atoms with Gasteiger partial charge in [-0.25, -0.2) is 0 Å². The van der Waals surface area contributed by atoms with E-state index in [-0.39, 0.29) is 5.91 Å². The van der Waals surface area contributed by atoms with Crippen LogP contribution in [0.15, 0.2) is 18.2 Å². The first-order chi connectivity index (χ1) is 7.70. The van der Waals surface area contributed by atoms with Crippen molar-refractivity contribution in [2.24, 2.45) is 0 Å². The van der Waals surface area contributed by atoms with Gasteiger partial charge in [-0.05, 0) is 37.0 Å². The van der Waals surface area contributed by atoms with Crippen LogP contribution in [0.2, 0.25) is 0 Å². The summed E-state index contributed by atoms with van der Waals surface area (Å²) in [6, 6.07) is 6.18. The summed E-state index contributed by atoms with van der Waals surface area (Å²) in [5.74, 6) is 0.150. The Morgan fingerprint density at radius 1 is 1.31 bits per heavy atom. The molecule has 1 heterocycles. The largest absolute Gasteiger partial charge is 0.312 e. The zero-order valence-corrected chi connectivity index (χ0v) is 10.7. The molecule has 0 radical (unpaired) electrons. The Labute approximate surface area is 98.3 Å². The molecule has 0 bridgehead atoms. The third-order valence-corrected chi connectivity index (χ3v) is 2.86. The van der Waals surface area contributed by atoms with Crippen LogP contribution in [0.4, 0.5) is 5.69 Å². The second-order valence-electron chi connectivity index (χ2n) is 3.85. The molecule has 0 atom stereocenters. The fourth-order valence-corrected chi connectivity index (χ4v) is 2.13. The van der Waals surface area contributed by atoms with E-state index in [9.17, 15) is 4.79 Å². The van der Waals surface area contributed by atoms with Gasteiger partial charge in [0.25, 0.3) is 0 Å². The molecule has 88 valence electrons. The molecule has 0 saturated heterocycles. The summed E-state index contributed by atoms with van der Waals surface area (Å²) in [6.45, 7) is 8.62. The highest BCUT2D eigenvalue weighted by atomic mass is 16.2. The van der Waals surface area contributed by atoms with Crippen LogP contribution < -0.4 is 4.90 Å². The number of anilines is 1. The molecule has 0 N–H and O–H groups in total. The summed E-state index contributed by atoms with van der Waals surface area (Å²) in [5, 5.41) is 0. The third-order valence-electron chi connectivity index (χ3n) is 2.86. The maximum Gasteiger partial charge on any atom is 0.223 e. The SMILES string of the molecule is CC.CC(=O)N1CCCc2c(C)cccc21. The molecule has 0 aliphatic carbocycles. The van der Waals surface area contributed by atoms with Crippen LogP contribution in [0.5, 0.6) is 0 Å². The minimum absolute atomic E-state index is 0.150. The van der Waals surface area contributed by atoms with E-state index in [1.54, 1.807) is 6.92 Å². The molecular formula is C14H21NO. The molecule has 0 saturated carbocycles. The van der Waals surface area contributed by atoms with Crippen LogP contribution in [0, 0.1) is 6.92 Å². The number of amides is 1. The van der Waals surface area contributed by atoms with E-state index in [1.165, 1.54) is 11.1 Å². The summed E-state index contributed by atoms with van der Waals surface area (Å²) >= 11 is 0. The van der Waals surface area contributed by atoms with Gasteiger partial charge in [-0.2, -0.15) is 0 Å². The lowest BCUT2D eigenvalue weighted by Crippen LogP contribution is -2.33. The van der Waals surface area contributed by atoms with Crippen LogP contribution in [0.3, 0.4) is 0 Å². The van der Waals surface area contributed by atoms with Crippen molar-refractivity contribution in [2.45, 2.75) is 40.5 Å². The summed E-state index contributed by atoms with van der Waals surface area (Å²) in [7, 11) is 0. The fraction of sp³-hybridized carbons (Fsp3) is 0.500. The summed E-state index contributed by atoms with van der Waals surface area (Å²) in [5.41, 5.74) is 3.76. The van der Waals surface area contributed by atoms with Crippen molar-refractivity contribution in [3.05, 3.63) is 29.3 Å². The van der Waals surface area contributed by atoms with Crippen LogP contribution in [0.25, 0.3) is 0 Å². The van der Waals surface area contributed by atoms with Crippen molar-refractivity contribution in [3.63, 3.8) is 0 Å². The van der Waals surface area contributed by atoms with Gasteiger partial charge in [0.2, 0.25) is 5.91 Å². The van der Waals surface area contributed by atoms with E-state index in [1.807, 2.05) is 30.9 Å². The average Bonchev–Trinajstić information content (AvgIpc) is 2.31. The number of carbonyl (C=O) groups excluding carboxylic acids is 1. The number of carbonyl (C=O) groups is 1. The topological polar surface area (TPSA) is 20.3 Å². The summed E-state index contributed by atoms with van der Waals surface area (Å²) in [4.78, 5) is 13.3. The lowest BCUT2D eigenvalue weighted by Gasteiger charge is -2.29. The number of rotatable bonds is 0. The van der Waals surface area contributed by atoms with Crippen LogP contribution in [-0.4, -0.2) is 12.5 Å². The van der Waals surface area contributed by atoms with Gasteiger partial charge in [0, 0.05) is 19.2 Å². The Morgan fingerprint density at radius 2 is 2.00 bits per heavy atom. The monoisotopic (exact) mass is 219 g/mol. The van der Waals surface area contributed by atoms with Gasteiger partial charge in [0.1, 0.15) is 0 Å². The van der Waals surface area contributed by atoms with E-state index >= 15 is 0 Å². The van der Waals surface area contributed by atoms with E-state index in [4.69, 9.17) is 0 Å². The van der Waals surface area contributed by atoms with Crippen molar-refractivity contribution in [3.8, 4) is 0 Å². The first kappa shape index (κ1) is 12.8. The summed E-state index contributed by atoms with van der Waals surface area (Å²) < 4.78 is 0. The van der Waals surface area contributed by atoms with Crippen LogP contribution in [0.1, 0.15) is 38.3 Å². The average molecular weight is 219 g/mol.